The predicted molar refractivity (Wildman–Crippen MR) is 248 cm³/mol. The van der Waals surface area contributed by atoms with Crippen molar-refractivity contribution in [2.75, 3.05) is 24.5 Å². The molecule has 58 heavy (non-hydrogen) atoms. The summed E-state index contributed by atoms with van der Waals surface area (Å²) in [5.74, 6) is 0.0746. The maximum atomic E-state index is 14.6. The largest absolute Gasteiger partial charge is 0.356 e. The number of anilines is 1. The molecular formula is C47H76F2N6P2Pd. The molecule has 0 unspecified atom stereocenters. The minimum absolute atomic E-state index is 0. The number of halogens is 2. The number of pyridine rings is 1. The van der Waals surface area contributed by atoms with Gasteiger partial charge in [-0.25, -0.2) is 18.7 Å². The van der Waals surface area contributed by atoms with Gasteiger partial charge in [0.15, 0.2) is 0 Å². The molecule has 0 saturated carbocycles. The Balaban J connectivity index is 0.000000360. The normalized spacial score (nSPS) is 15.4. The van der Waals surface area contributed by atoms with E-state index >= 15 is 0 Å². The van der Waals surface area contributed by atoms with Crippen molar-refractivity contribution < 1.29 is 29.2 Å². The molecule has 1 aliphatic heterocycles. The third kappa shape index (κ3) is 13.8. The number of aromatic nitrogens is 4. The zero-order valence-electron chi connectivity index (χ0n) is 39.1. The van der Waals surface area contributed by atoms with Crippen LogP contribution in [0.1, 0.15) is 143 Å². The Morgan fingerprint density at radius 2 is 1.12 bits per heavy atom. The summed E-state index contributed by atoms with van der Waals surface area (Å²) >= 11 is 0. The van der Waals surface area contributed by atoms with Crippen molar-refractivity contribution in [2.24, 2.45) is 5.73 Å². The SMILES string of the molecule is CC(C)(C)P(C(C)(C)C)C(C)(C)C.CC(C)(C)P(C(C)(C)C)C(C)(C)C.NCC1(c2cc(F)cc(-c3cncc(F)c3)c2)CCN(c2ncnc3[nH]ccc23)CC1.[Pd]. The predicted octanol–water partition coefficient (Wildman–Crippen LogP) is 13.5. The maximum absolute atomic E-state index is 14.6. The molecule has 0 amide bonds. The van der Waals surface area contributed by atoms with Crippen molar-refractivity contribution in [1.29, 1.82) is 0 Å². The van der Waals surface area contributed by atoms with Crippen LogP contribution >= 0.6 is 15.8 Å². The van der Waals surface area contributed by atoms with Gasteiger partial charge >= 0.3 is 0 Å². The zero-order valence-corrected chi connectivity index (χ0v) is 42.4. The molecule has 3 aromatic heterocycles. The van der Waals surface area contributed by atoms with Crippen LogP contribution in [0.5, 0.6) is 0 Å². The van der Waals surface area contributed by atoms with Crippen LogP contribution in [0.2, 0.25) is 0 Å². The second kappa shape index (κ2) is 19.5. The van der Waals surface area contributed by atoms with Crippen molar-refractivity contribution in [3.63, 3.8) is 0 Å². The monoisotopic (exact) mass is 930 g/mol. The van der Waals surface area contributed by atoms with Gasteiger partial charge in [0.05, 0.1) is 11.6 Å². The molecular weight excluding hydrogens is 855 g/mol. The Morgan fingerprint density at radius 3 is 1.53 bits per heavy atom. The molecule has 6 nitrogen and oxygen atoms in total. The minimum Gasteiger partial charge on any atom is -0.356 e. The van der Waals surface area contributed by atoms with Gasteiger partial charge in [0.2, 0.25) is 0 Å². The van der Waals surface area contributed by atoms with Gasteiger partial charge in [0.25, 0.3) is 0 Å². The number of hydrogen-bond acceptors (Lipinski definition) is 5. The summed E-state index contributed by atoms with van der Waals surface area (Å²) in [5.41, 5.74) is 8.67. The molecule has 0 spiro atoms. The first-order chi connectivity index (χ1) is 25.8. The number of H-pyrrole nitrogens is 1. The molecule has 0 aliphatic carbocycles. The number of fused-ring (bicyclic) bond motifs is 1. The second-order valence-electron chi connectivity index (χ2n) is 21.7. The fourth-order valence-electron chi connectivity index (χ4n) is 10.5. The van der Waals surface area contributed by atoms with Crippen LogP contribution in [-0.2, 0) is 25.8 Å². The average molecular weight is 932 g/mol. The van der Waals surface area contributed by atoms with Crippen molar-refractivity contribution in [2.45, 2.75) is 174 Å². The molecule has 1 aliphatic rings. The molecule has 328 valence electrons. The van der Waals surface area contributed by atoms with Crippen LogP contribution in [-0.4, -0.2) is 70.5 Å². The summed E-state index contributed by atoms with van der Waals surface area (Å²) in [4.78, 5) is 18.0. The summed E-state index contributed by atoms with van der Waals surface area (Å²) in [6.45, 7) is 44.8. The smallest absolute Gasteiger partial charge is 0.142 e. The van der Waals surface area contributed by atoms with Crippen LogP contribution in [0.25, 0.3) is 22.2 Å². The fourth-order valence-corrected chi connectivity index (χ4v) is 22.6. The number of nitrogens with two attached hydrogens (primary N) is 1. The van der Waals surface area contributed by atoms with Gasteiger partial charge in [-0.05, 0) is 79.2 Å². The molecule has 1 fully saturated rings. The molecule has 1 saturated heterocycles. The van der Waals surface area contributed by atoms with E-state index in [1.165, 1.54) is 18.3 Å². The molecule has 0 radical (unpaired) electrons. The van der Waals surface area contributed by atoms with Crippen LogP contribution in [0.4, 0.5) is 14.6 Å². The summed E-state index contributed by atoms with van der Waals surface area (Å²) in [7, 11) is 0.0324. The molecule has 0 bridgehead atoms. The topological polar surface area (TPSA) is 83.7 Å². The van der Waals surface area contributed by atoms with Crippen molar-refractivity contribution in [1.82, 2.24) is 19.9 Å². The number of benzene rings is 1. The van der Waals surface area contributed by atoms with E-state index in [4.69, 9.17) is 5.73 Å². The maximum Gasteiger partial charge on any atom is 0.142 e. The summed E-state index contributed by atoms with van der Waals surface area (Å²) in [6, 6.07) is 8.20. The molecule has 0 atom stereocenters. The Hall–Kier alpha value is -1.87. The Bertz CT molecular complexity index is 1790. The second-order valence-corrected chi connectivity index (χ2v) is 31.1. The quantitative estimate of drug-likeness (QED) is 0.157. The third-order valence-corrected chi connectivity index (χ3v) is 18.4. The van der Waals surface area contributed by atoms with Gasteiger partial charge in [-0.15, -0.1) is 0 Å². The van der Waals surface area contributed by atoms with Crippen LogP contribution < -0.4 is 10.6 Å². The van der Waals surface area contributed by atoms with Crippen molar-refractivity contribution >= 4 is 32.7 Å². The standard InChI is InChI=1S/C23H22F2N6.2C12H27P.Pd/c24-18-8-15(16-9-19(25)12-27-11-16)7-17(10-18)23(13-26)2-5-31(6-3-23)22-20-1-4-28-21(20)29-14-30-22;2*1-10(2,3)13(11(4,5)6)12(7,8)9;/h1,4,7-12,14H,2-3,5-6,13,26H2,(H,28,29,30);2*1-9H3;. The number of nitrogens with zero attached hydrogens (tertiary/aromatic N) is 4. The van der Waals surface area contributed by atoms with Gasteiger partial charge in [-0.3, -0.25) is 4.98 Å². The third-order valence-electron chi connectivity index (χ3n) is 10.3. The van der Waals surface area contributed by atoms with E-state index in [9.17, 15) is 8.78 Å². The first kappa shape index (κ1) is 52.3. The first-order valence-corrected chi connectivity index (χ1v) is 23.3. The van der Waals surface area contributed by atoms with Gasteiger partial charge in [-0.2, -0.15) is 0 Å². The summed E-state index contributed by atoms with van der Waals surface area (Å²) in [5, 5.41) is 3.68. The van der Waals surface area contributed by atoms with Crippen LogP contribution in [0, 0.1) is 11.6 Å². The van der Waals surface area contributed by atoms with E-state index in [1.807, 2.05) is 18.3 Å². The molecule has 1 aromatic carbocycles. The first-order valence-electron chi connectivity index (χ1n) is 20.6. The van der Waals surface area contributed by atoms with Gasteiger partial charge < -0.3 is 15.6 Å². The van der Waals surface area contributed by atoms with Gasteiger partial charge in [-0.1, -0.05) is 147 Å². The summed E-state index contributed by atoms with van der Waals surface area (Å²) in [6.07, 6.45) is 7.59. The number of hydrogen-bond donors (Lipinski definition) is 2. The fraction of sp³-hybridized carbons (Fsp3) is 0.638. The number of aromatic amines is 1. The van der Waals surface area contributed by atoms with Gasteiger partial charge in [0.1, 0.15) is 29.4 Å². The Labute approximate surface area is 367 Å². The van der Waals surface area contributed by atoms with E-state index in [0.29, 0.717) is 48.6 Å². The van der Waals surface area contributed by atoms with Crippen molar-refractivity contribution in [3.8, 4) is 11.1 Å². The molecule has 4 heterocycles. The average Bonchev–Trinajstić information content (AvgIpc) is 3.50. The zero-order chi connectivity index (χ0) is 43.6. The van der Waals surface area contributed by atoms with Crippen LogP contribution in [0.3, 0.4) is 0 Å². The van der Waals surface area contributed by atoms with E-state index in [-0.39, 0.29) is 47.5 Å². The molecule has 5 rings (SSSR count). The van der Waals surface area contributed by atoms with E-state index in [2.05, 4.69) is 149 Å². The molecule has 4 aromatic rings. The Morgan fingerprint density at radius 1 is 0.655 bits per heavy atom. The van der Waals surface area contributed by atoms with Gasteiger partial charge in [0, 0.05) is 63.4 Å². The van der Waals surface area contributed by atoms with E-state index in [0.717, 1.165) is 54.5 Å². The minimum atomic E-state index is -0.453. The number of piperidine rings is 1. The van der Waals surface area contributed by atoms with Crippen LogP contribution in [0.15, 0.2) is 55.2 Å². The number of nitrogens with one attached hydrogen (secondary N) is 1. The van der Waals surface area contributed by atoms with Crippen molar-refractivity contribution in [3.05, 3.63) is 72.4 Å². The van der Waals surface area contributed by atoms with E-state index in [1.54, 1.807) is 12.4 Å². The number of rotatable bonds is 4. The molecule has 3 N–H and O–H groups in total. The Kier molecular flexibility index (Phi) is 17.5. The van der Waals surface area contributed by atoms with E-state index < -0.39 is 5.82 Å². The molecule has 11 heteroatoms. The summed E-state index contributed by atoms with van der Waals surface area (Å²) < 4.78 is 28.2.